The van der Waals surface area contributed by atoms with Crippen LogP contribution in [-0.4, -0.2) is 92.7 Å². The van der Waals surface area contributed by atoms with E-state index in [0.29, 0.717) is 54.5 Å². The Morgan fingerprint density at radius 1 is 1.00 bits per heavy atom. The summed E-state index contributed by atoms with van der Waals surface area (Å²) in [7, 11) is 3.11. The zero-order valence-corrected chi connectivity index (χ0v) is 23.0. The molecule has 208 valence electrons. The lowest BCUT2D eigenvalue weighted by atomic mass is 9.84. The maximum atomic E-state index is 13.4. The van der Waals surface area contributed by atoms with Crippen molar-refractivity contribution in [3.05, 3.63) is 35.0 Å². The van der Waals surface area contributed by atoms with Crippen LogP contribution >= 0.6 is 0 Å². The van der Waals surface area contributed by atoms with Crippen molar-refractivity contribution >= 4 is 17.9 Å². The van der Waals surface area contributed by atoms with Crippen LogP contribution in [0, 0.1) is 5.92 Å². The highest BCUT2D eigenvalue weighted by Crippen LogP contribution is 2.36. The van der Waals surface area contributed by atoms with E-state index < -0.39 is 12.0 Å². The van der Waals surface area contributed by atoms with Gasteiger partial charge in [0.2, 0.25) is 5.91 Å². The minimum atomic E-state index is -0.706. The number of ether oxygens (including phenoxy) is 3. The first-order chi connectivity index (χ1) is 18.4. The quantitative estimate of drug-likeness (QED) is 0.492. The SMILES string of the molecule is CCOC(=O)C1=C(CN2CCCN(C(=O)C3CCC3)CC2)N(CC)C(=O)NC1c1ccc(OC)c(OC)c1. The van der Waals surface area contributed by atoms with Crippen LogP contribution in [0.5, 0.6) is 11.5 Å². The molecule has 1 atom stereocenters. The van der Waals surface area contributed by atoms with Gasteiger partial charge in [0.1, 0.15) is 0 Å². The molecule has 0 spiro atoms. The fourth-order valence-corrected chi connectivity index (χ4v) is 5.41. The summed E-state index contributed by atoms with van der Waals surface area (Å²) < 4.78 is 16.4. The predicted molar refractivity (Wildman–Crippen MR) is 142 cm³/mol. The smallest absolute Gasteiger partial charge is 0.338 e. The Balaban J connectivity index is 1.66. The highest BCUT2D eigenvalue weighted by atomic mass is 16.5. The first-order valence-electron chi connectivity index (χ1n) is 13.6. The van der Waals surface area contributed by atoms with E-state index in [1.807, 2.05) is 17.9 Å². The van der Waals surface area contributed by atoms with E-state index in [4.69, 9.17) is 14.2 Å². The van der Waals surface area contributed by atoms with Crippen molar-refractivity contribution in [3.8, 4) is 11.5 Å². The van der Waals surface area contributed by atoms with Gasteiger partial charge in [0.15, 0.2) is 11.5 Å². The van der Waals surface area contributed by atoms with Crippen LogP contribution in [0.1, 0.15) is 51.1 Å². The molecule has 2 aliphatic heterocycles. The van der Waals surface area contributed by atoms with Gasteiger partial charge in [-0.3, -0.25) is 14.6 Å². The maximum absolute atomic E-state index is 13.4. The van der Waals surface area contributed by atoms with Gasteiger partial charge in [-0.2, -0.15) is 0 Å². The molecule has 10 heteroatoms. The molecule has 0 aromatic heterocycles. The lowest BCUT2D eigenvalue weighted by Gasteiger charge is -2.38. The molecular weight excluding hydrogens is 488 g/mol. The molecule has 2 fully saturated rings. The molecule has 0 bridgehead atoms. The van der Waals surface area contributed by atoms with Crippen molar-refractivity contribution in [2.75, 3.05) is 60.1 Å². The number of urea groups is 1. The second kappa shape index (κ2) is 12.5. The molecule has 1 unspecified atom stereocenters. The number of esters is 1. The molecule has 10 nitrogen and oxygen atoms in total. The molecule has 4 rings (SSSR count). The molecule has 1 aliphatic carbocycles. The molecule has 1 N–H and O–H groups in total. The van der Waals surface area contributed by atoms with E-state index in [1.165, 1.54) is 0 Å². The van der Waals surface area contributed by atoms with Gasteiger partial charge in [0.05, 0.1) is 32.4 Å². The van der Waals surface area contributed by atoms with Gasteiger partial charge in [0, 0.05) is 50.9 Å². The lowest BCUT2D eigenvalue weighted by Crippen LogP contribution is -2.51. The molecule has 0 radical (unpaired) electrons. The monoisotopic (exact) mass is 528 g/mol. The first kappa shape index (κ1) is 27.8. The molecule has 3 amide bonds. The Bertz CT molecular complexity index is 1070. The van der Waals surface area contributed by atoms with Crippen molar-refractivity contribution in [2.24, 2.45) is 5.92 Å². The standard InChI is InChI=1S/C28H40N4O6/c1-5-32-21(18-30-13-8-14-31(16-15-30)26(33)19-9-7-10-19)24(27(34)38-6-2)25(29-28(32)35)20-11-12-22(36-3)23(17-20)37-4/h11-12,17,19,25H,5-10,13-16,18H2,1-4H3,(H,29,35). The average Bonchev–Trinajstić information content (AvgIpc) is 3.12. The summed E-state index contributed by atoms with van der Waals surface area (Å²) in [5.74, 6) is 1.05. The van der Waals surface area contributed by atoms with Crippen LogP contribution in [0.15, 0.2) is 29.5 Å². The van der Waals surface area contributed by atoms with Gasteiger partial charge in [-0.05, 0) is 50.8 Å². The summed E-state index contributed by atoms with van der Waals surface area (Å²) >= 11 is 0. The molecule has 38 heavy (non-hydrogen) atoms. The largest absolute Gasteiger partial charge is 0.493 e. The molecule has 1 aromatic rings. The number of nitrogens with zero attached hydrogens (tertiary/aromatic N) is 3. The van der Waals surface area contributed by atoms with Gasteiger partial charge in [-0.25, -0.2) is 9.59 Å². The van der Waals surface area contributed by atoms with E-state index in [1.54, 1.807) is 38.2 Å². The maximum Gasteiger partial charge on any atom is 0.338 e. The third kappa shape index (κ3) is 5.75. The first-order valence-corrected chi connectivity index (χ1v) is 13.6. The van der Waals surface area contributed by atoms with Crippen LogP contribution in [0.3, 0.4) is 0 Å². The highest BCUT2D eigenvalue weighted by molar-refractivity contribution is 5.95. The van der Waals surface area contributed by atoms with Crippen LogP contribution in [0.25, 0.3) is 0 Å². The second-order valence-corrected chi connectivity index (χ2v) is 9.90. The Kier molecular flexibility index (Phi) is 9.14. The Hall–Kier alpha value is -3.27. The van der Waals surface area contributed by atoms with Crippen molar-refractivity contribution in [3.63, 3.8) is 0 Å². The fraction of sp³-hybridized carbons (Fsp3) is 0.607. The van der Waals surface area contributed by atoms with Crippen molar-refractivity contribution in [1.82, 2.24) is 20.0 Å². The number of methoxy groups -OCH3 is 2. The zero-order valence-electron chi connectivity index (χ0n) is 23.0. The van der Waals surface area contributed by atoms with Crippen LogP contribution < -0.4 is 14.8 Å². The number of rotatable bonds is 9. The summed E-state index contributed by atoms with van der Waals surface area (Å²) in [5.41, 5.74) is 1.74. The van der Waals surface area contributed by atoms with Gasteiger partial charge in [0.25, 0.3) is 0 Å². The molecule has 1 saturated heterocycles. The van der Waals surface area contributed by atoms with E-state index in [2.05, 4.69) is 10.2 Å². The Morgan fingerprint density at radius 3 is 2.39 bits per heavy atom. The van der Waals surface area contributed by atoms with E-state index in [-0.39, 0.29) is 24.5 Å². The van der Waals surface area contributed by atoms with Crippen molar-refractivity contribution in [2.45, 2.75) is 45.6 Å². The molecule has 1 saturated carbocycles. The number of carbonyl (C=O) groups excluding carboxylic acids is 3. The van der Waals surface area contributed by atoms with Crippen molar-refractivity contribution < 1.29 is 28.6 Å². The molecular formula is C28H40N4O6. The number of hydrogen-bond donors (Lipinski definition) is 1. The summed E-state index contributed by atoms with van der Waals surface area (Å²) in [5, 5.41) is 3.00. The van der Waals surface area contributed by atoms with E-state index >= 15 is 0 Å². The summed E-state index contributed by atoms with van der Waals surface area (Å²) in [6.07, 6.45) is 3.97. The van der Waals surface area contributed by atoms with Crippen LogP contribution in [0.4, 0.5) is 4.79 Å². The van der Waals surface area contributed by atoms with E-state index in [0.717, 1.165) is 38.8 Å². The summed E-state index contributed by atoms with van der Waals surface area (Å²) in [6, 6.07) is 4.38. The summed E-state index contributed by atoms with van der Waals surface area (Å²) in [4.78, 5) is 45.4. The Morgan fingerprint density at radius 2 is 1.76 bits per heavy atom. The van der Waals surface area contributed by atoms with E-state index in [9.17, 15) is 14.4 Å². The fourth-order valence-electron chi connectivity index (χ4n) is 5.41. The highest BCUT2D eigenvalue weighted by Gasteiger charge is 2.39. The predicted octanol–water partition coefficient (Wildman–Crippen LogP) is 2.94. The van der Waals surface area contributed by atoms with Crippen molar-refractivity contribution in [1.29, 1.82) is 0 Å². The van der Waals surface area contributed by atoms with Gasteiger partial charge >= 0.3 is 12.0 Å². The molecule has 2 heterocycles. The minimum absolute atomic E-state index is 0.180. The second-order valence-electron chi connectivity index (χ2n) is 9.90. The third-order valence-electron chi connectivity index (χ3n) is 7.72. The van der Waals surface area contributed by atoms with Gasteiger partial charge in [-0.1, -0.05) is 12.5 Å². The zero-order chi connectivity index (χ0) is 27.2. The van der Waals surface area contributed by atoms with Crippen LogP contribution in [-0.2, 0) is 14.3 Å². The Labute approximate surface area is 224 Å². The number of likely N-dealkylation sites (N-methyl/N-ethyl adjacent to an activating group) is 1. The number of carbonyl (C=O) groups is 3. The number of nitrogens with one attached hydrogen (secondary N) is 1. The summed E-state index contributed by atoms with van der Waals surface area (Å²) in [6.45, 7) is 7.53. The third-order valence-corrected chi connectivity index (χ3v) is 7.72. The molecule has 1 aromatic carbocycles. The topological polar surface area (TPSA) is 101 Å². The number of hydrogen-bond acceptors (Lipinski definition) is 7. The number of benzene rings is 1. The van der Waals surface area contributed by atoms with Crippen LogP contribution in [0.2, 0.25) is 0 Å². The minimum Gasteiger partial charge on any atom is -0.493 e. The normalized spacial score (nSPS) is 20.9. The lowest BCUT2D eigenvalue weighted by molar-refractivity contribution is -0.139. The number of amides is 3. The van der Waals surface area contributed by atoms with Gasteiger partial charge < -0.3 is 24.4 Å². The van der Waals surface area contributed by atoms with Gasteiger partial charge in [-0.15, -0.1) is 0 Å². The average molecular weight is 529 g/mol. The molecule has 3 aliphatic rings.